The lowest BCUT2D eigenvalue weighted by Crippen LogP contribution is -2.31. The molecule has 3 aromatic rings. The first-order valence-electron chi connectivity index (χ1n) is 10.1. The molecule has 0 spiro atoms. The van der Waals surface area contributed by atoms with E-state index in [1.54, 1.807) is 0 Å². The topological polar surface area (TPSA) is 62.4 Å². The van der Waals surface area contributed by atoms with Crippen LogP contribution < -0.4 is 0 Å². The minimum atomic E-state index is 0.0616. The highest BCUT2D eigenvalue weighted by atomic mass is 16.5. The lowest BCUT2D eigenvalue weighted by molar-refractivity contribution is 0.181. The van der Waals surface area contributed by atoms with Gasteiger partial charge in [0.2, 0.25) is 5.89 Å². The van der Waals surface area contributed by atoms with Gasteiger partial charge >= 0.3 is 0 Å². The van der Waals surface area contributed by atoms with E-state index in [1.165, 1.54) is 11.1 Å². The molecule has 0 radical (unpaired) electrons. The normalized spacial score (nSPS) is 11.4. The van der Waals surface area contributed by atoms with Gasteiger partial charge in [0.25, 0.3) is 0 Å². The molecule has 148 valence electrons. The second kappa shape index (κ2) is 10.7. The van der Waals surface area contributed by atoms with Crippen molar-refractivity contribution in [3.63, 3.8) is 0 Å². The summed E-state index contributed by atoms with van der Waals surface area (Å²) in [7, 11) is 0. The second-order valence-electron chi connectivity index (χ2n) is 6.98. The molecule has 3 rings (SSSR count). The fourth-order valence-corrected chi connectivity index (χ4v) is 3.42. The Morgan fingerprint density at radius 2 is 1.61 bits per heavy atom. The third kappa shape index (κ3) is 5.50. The average molecular weight is 380 g/mol. The van der Waals surface area contributed by atoms with Crippen LogP contribution in [0.15, 0.2) is 65.2 Å². The van der Waals surface area contributed by atoms with Crippen molar-refractivity contribution >= 4 is 0 Å². The van der Waals surface area contributed by atoms with Crippen molar-refractivity contribution in [3.8, 4) is 0 Å². The van der Waals surface area contributed by atoms with E-state index in [1.807, 2.05) is 12.1 Å². The fourth-order valence-electron chi connectivity index (χ4n) is 3.42. The van der Waals surface area contributed by atoms with Gasteiger partial charge in [-0.15, -0.1) is 0 Å². The summed E-state index contributed by atoms with van der Waals surface area (Å²) in [4.78, 5) is 6.90. The Morgan fingerprint density at radius 1 is 0.964 bits per heavy atom. The zero-order valence-corrected chi connectivity index (χ0v) is 16.5. The van der Waals surface area contributed by atoms with Crippen molar-refractivity contribution in [3.05, 3.63) is 83.5 Å². The minimum Gasteiger partial charge on any atom is -0.396 e. The van der Waals surface area contributed by atoms with E-state index in [9.17, 15) is 5.11 Å². The van der Waals surface area contributed by atoms with Gasteiger partial charge in [-0.2, -0.15) is 4.98 Å². The summed E-state index contributed by atoms with van der Waals surface area (Å²) in [6.45, 7) is 3.62. The molecule has 0 fully saturated rings. The summed E-state index contributed by atoms with van der Waals surface area (Å²) in [6.07, 6.45) is 3.66. The zero-order valence-electron chi connectivity index (χ0n) is 16.5. The molecule has 1 aromatic heterocycles. The van der Waals surface area contributed by atoms with Crippen molar-refractivity contribution in [1.29, 1.82) is 0 Å². The summed E-state index contributed by atoms with van der Waals surface area (Å²) in [6, 6.07) is 21.0. The summed E-state index contributed by atoms with van der Waals surface area (Å²) in [5, 5.41) is 13.6. The molecule has 1 N–H and O–H groups in total. The molecule has 0 saturated carbocycles. The predicted octanol–water partition coefficient (Wildman–Crippen LogP) is 4.39. The summed E-state index contributed by atoms with van der Waals surface area (Å²) >= 11 is 0. The number of benzene rings is 2. The van der Waals surface area contributed by atoms with Gasteiger partial charge in [0.15, 0.2) is 5.82 Å². The quantitative estimate of drug-likeness (QED) is 0.535. The molecule has 28 heavy (non-hydrogen) atoms. The van der Waals surface area contributed by atoms with Gasteiger partial charge < -0.3 is 9.63 Å². The first kappa shape index (κ1) is 20.2. The van der Waals surface area contributed by atoms with Crippen LogP contribution in [0.4, 0.5) is 0 Å². The molecule has 0 aliphatic carbocycles. The van der Waals surface area contributed by atoms with E-state index in [0.29, 0.717) is 24.7 Å². The standard InChI is InChI=1S/C23H29N3O2/c1-2-3-15-22-24-21(25-28-22)18-26(16-10-17-27)23(19-11-6-4-7-12-19)20-13-8-5-9-14-20/h4-9,11-14,23,27H,2-3,10,15-18H2,1H3. The van der Waals surface area contributed by atoms with E-state index in [-0.39, 0.29) is 12.6 Å². The molecule has 0 atom stereocenters. The van der Waals surface area contributed by atoms with Gasteiger partial charge in [-0.1, -0.05) is 79.2 Å². The third-order valence-electron chi connectivity index (χ3n) is 4.80. The van der Waals surface area contributed by atoms with E-state index >= 15 is 0 Å². The number of nitrogens with zero attached hydrogens (tertiary/aromatic N) is 3. The first-order chi connectivity index (χ1) is 13.8. The van der Waals surface area contributed by atoms with E-state index in [2.05, 4.69) is 70.5 Å². The van der Waals surface area contributed by atoms with Gasteiger partial charge in [0.1, 0.15) is 0 Å². The second-order valence-corrected chi connectivity index (χ2v) is 6.98. The Hall–Kier alpha value is -2.50. The Kier molecular flexibility index (Phi) is 7.76. The van der Waals surface area contributed by atoms with Crippen LogP contribution in [0.2, 0.25) is 0 Å². The van der Waals surface area contributed by atoms with Crippen molar-refractivity contribution in [2.75, 3.05) is 13.2 Å². The lowest BCUT2D eigenvalue weighted by Gasteiger charge is -2.31. The predicted molar refractivity (Wildman–Crippen MR) is 110 cm³/mol. The number of aryl methyl sites for hydroxylation is 1. The number of hydrogen-bond acceptors (Lipinski definition) is 5. The number of rotatable bonds is 11. The summed E-state index contributed by atoms with van der Waals surface area (Å²) < 4.78 is 5.43. The summed E-state index contributed by atoms with van der Waals surface area (Å²) in [5.41, 5.74) is 2.42. The average Bonchev–Trinajstić information content (AvgIpc) is 3.19. The van der Waals surface area contributed by atoms with E-state index < -0.39 is 0 Å². The monoisotopic (exact) mass is 379 g/mol. The molecule has 2 aromatic carbocycles. The largest absolute Gasteiger partial charge is 0.396 e. The fraction of sp³-hybridized carbons (Fsp3) is 0.391. The smallest absolute Gasteiger partial charge is 0.226 e. The van der Waals surface area contributed by atoms with Crippen molar-refractivity contribution in [1.82, 2.24) is 15.0 Å². The molecular formula is C23H29N3O2. The van der Waals surface area contributed by atoms with Gasteiger partial charge in [-0.3, -0.25) is 4.90 Å². The molecule has 0 amide bonds. The van der Waals surface area contributed by atoms with Gasteiger partial charge in [0.05, 0.1) is 12.6 Å². The molecule has 0 saturated heterocycles. The van der Waals surface area contributed by atoms with Crippen LogP contribution in [0.25, 0.3) is 0 Å². The van der Waals surface area contributed by atoms with Crippen LogP contribution in [0.5, 0.6) is 0 Å². The van der Waals surface area contributed by atoms with Gasteiger partial charge in [-0.25, -0.2) is 0 Å². The maximum absolute atomic E-state index is 9.43. The number of aromatic nitrogens is 2. The highest BCUT2D eigenvalue weighted by molar-refractivity contribution is 5.31. The molecule has 0 aliphatic rings. The molecular weight excluding hydrogens is 350 g/mol. The zero-order chi connectivity index (χ0) is 19.6. The van der Waals surface area contributed by atoms with Crippen LogP contribution >= 0.6 is 0 Å². The van der Waals surface area contributed by atoms with Crippen molar-refractivity contribution < 1.29 is 9.63 Å². The summed E-state index contributed by atoms with van der Waals surface area (Å²) in [5.74, 6) is 1.40. The van der Waals surface area contributed by atoms with Gasteiger partial charge in [-0.05, 0) is 24.0 Å². The molecule has 0 aliphatic heterocycles. The first-order valence-corrected chi connectivity index (χ1v) is 10.1. The van der Waals surface area contributed by atoms with Crippen molar-refractivity contribution in [2.24, 2.45) is 0 Å². The van der Waals surface area contributed by atoms with Crippen LogP contribution in [0.3, 0.4) is 0 Å². The minimum absolute atomic E-state index is 0.0616. The highest BCUT2D eigenvalue weighted by Gasteiger charge is 2.24. The molecule has 5 nitrogen and oxygen atoms in total. The molecule has 0 bridgehead atoms. The van der Waals surface area contributed by atoms with Gasteiger partial charge in [0, 0.05) is 19.6 Å². The van der Waals surface area contributed by atoms with Crippen LogP contribution in [0.1, 0.15) is 55.1 Å². The van der Waals surface area contributed by atoms with E-state index in [4.69, 9.17) is 4.52 Å². The Bertz CT molecular complexity index is 765. The molecule has 5 heteroatoms. The SMILES string of the molecule is CCCCc1nc(CN(CCCO)C(c2ccccc2)c2ccccc2)no1. The van der Waals surface area contributed by atoms with E-state index in [0.717, 1.165) is 25.8 Å². The van der Waals surface area contributed by atoms with Crippen LogP contribution in [-0.2, 0) is 13.0 Å². The Labute approximate surface area is 167 Å². The maximum atomic E-state index is 9.43. The maximum Gasteiger partial charge on any atom is 0.226 e. The van der Waals surface area contributed by atoms with Crippen LogP contribution in [-0.4, -0.2) is 33.3 Å². The Morgan fingerprint density at radius 3 is 2.18 bits per heavy atom. The highest BCUT2D eigenvalue weighted by Crippen LogP contribution is 2.29. The Balaban J connectivity index is 1.88. The van der Waals surface area contributed by atoms with Crippen molar-refractivity contribution in [2.45, 2.75) is 45.2 Å². The third-order valence-corrected chi connectivity index (χ3v) is 4.80. The lowest BCUT2D eigenvalue weighted by atomic mass is 9.96. The number of hydrogen-bond donors (Lipinski definition) is 1. The van der Waals surface area contributed by atoms with Crippen LogP contribution in [0, 0.1) is 0 Å². The molecule has 0 unspecified atom stereocenters. The number of aliphatic hydroxyl groups excluding tert-OH is 1. The number of unbranched alkanes of at least 4 members (excludes halogenated alkanes) is 1. The molecule has 1 heterocycles. The number of aliphatic hydroxyl groups is 1.